The fraction of sp³-hybridized carbons (Fsp3) is 0.467. The highest BCUT2D eigenvalue weighted by Gasteiger charge is 2.31. The molecule has 116 valence electrons. The molecule has 1 aromatic rings. The summed E-state index contributed by atoms with van der Waals surface area (Å²) in [6.07, 6.45) is -2.13. The van der Waals surface area contributed by atoms with Gasteiger partial charge in [-0.1, -0.05) is 44.2 Å². The number of esters is 1. The van der Waals surface area contributed by atoms with Crippen molar-refractivity contribution in [2.24, 2.45) is 5.92 Å². The van der Waals surface area contributed by atoms with Crippen molar-refractivity contribution >= 4 is 12.1 Å². The monoisotopic (exact) mass is 295 g/mol. The molecule has 0 spiro atoms. The summed E-state index contributed by atoms with van der Waals surface area (Å²) in [6.45, 7) is 3.66. The molecular weight excluding hydrogens is 274 g/mol. The zero-order valence-corrected chi connectivity index (χ0v) is 12.4. The Morgan fingerprint density at radius 1 is 1.24 bits per heavy atom. The van der Waals surface area contributed by atoms with Crippen LogP contribution >= 0.6 is 0 Å². The van der Waals surface area contributed by atoms with Crippen LogP contribution in [0.15, 0.2) is 30.3 Å². The maximum atomic E-state index is 11.8. The molecule has 0 aliphatic carbocycles. The number of carbonyl (C=O) groups excluding carboxylic acids is 2. The number of rotatable bonds is 6. The van der Waals surface area contributed by atoms with Gasteiger partial charge in [0.15, 0.2) is 6.10 Å². The Hall–Kier alpha value is -2.08. The first kappa shape index (κ1) is 17.0. The highest BCUT2D eigenvalue weighted by molar-refractivity contribution is 5.76. The van der Waals surface area contributed by atoms with E-state index in [1.807, 2.05) is 30.3 Å². The lowest BCUT2D eigenvalue weighted by Gasteiger charge is -2.25. The van der Waals surface area contributed by atoms with Gasteiger partial charge in [-0.3, -0.25) is 0 Å². The second-order valence-corrected chi connectivity index (χ2v) is 4.94. The van der Waals surface area contributed by atoms with E-state index in [0.29, 0.717) is 0 Å². The molecule has 0 aromatic heterocycles. The van der Waals surface area contributed by atoms with E-state index in [4.69, 9.17) is 4.74 Å². The molecule has 0 radical (unpaired) electrons. The van der Waals surface area contributed by atoms with Crippen LogP contribution in [-0.2, 0) is 20.9 Å². The van der Waals surface area contributed by atoms with Gasteiger partial charge in [-0.25, -0.2) is 9.59 Å². The van der Waals surface area contributed by atoms with Crippen molar-refractivity contribution in [1.82, 2.24) is 5.32 Å². The average molecular weight is 295 g/mol. The molecule has 6 heteroatoms. The molecule has 2 unspecified atom stereocenters. The molecular formula is C15H21NO5. The SMILES string of the molecule is COC(=O)C(O)C(NC(=O)OCc1ccccc1)C(C)C. The van der Waals surface area contributed by atoms with Gasteiger partial charge in [-0.05, 0) is 11.5 Å². The molecule has 0 aliphatic heterocycles. The summed E-state index contributed by atoms with van der Waals surface area (Å²) < 4.78 is 9.53. The summed E-state index contributed by atoms with van der Waals surface area (Å²) in [5.74, 6) is -0.958. The van der Waals surface area contributed by atoms with E-state index >= 15 is 0 Å². The Labute approximate surface area is 124 Å². The minimum absolute atomic E-state index is 0.117. The van der Waals surface area contributed by atoms with Crippen molar-refractivity contribution < 1.29 is 24.2 Å². The fourth-order valence-electron chi connectivity index (χ4n) is 1.78. The number of hydrogen-bond acceptors (Lipinski definition) is 5. The molecule has 2 atom stereocenters. The zero-order valence-electron chi connectivity index (χ0n) is 12.4. The Bertz CT molecular complexity index is 460. The quantitative estimate of drug-likeness (QED) is 0.776. The van der Waals surface area contributed by atoms with Gasteiger partial charge >= 0.3 is 12.1 Å². The maximum Gasteiger partial charge on any atom is 0.407 e. The number of amides is 1. The highest BCUT2D eigenvalue weighted by atomic mass is 16.6. The Morgan fingerprint density at radius 3 is 2.38 bits per heavy atom. The van der Waals surface area contributed by atoms with Gasteiger partial charge in [0, 0.05) is 0 Å². The van der Waals surface area contributed by atoms with E-state index in [2.05, 4.69) is 10.1 Å². The van der Waals surface area contributed by atoms with Gasteiger partial charge in [-0.2, -0.15) is 0 Å². The number of methoxy groups -OCH3 is 1. The molecule has 0 heterocycles. The lowest BCUT2D eigenvalue weighted by Crippen LogP contribution is -2.50. The summed E-state index contributed by atoms with van der Waals surface area (Å²) in [5.41, 5.74) is 0.849. The van der Waals surface area contributed by atoms with E-state index in [0.717, 1.165) is 5.56 Å². The minimum atomic E-state index is -1.43. The molecule has 1 rings (SSSR count). The average Bonchev–Trinajstić information content (AvgIpc) is 2.49. The number of ether oxygens (including phenoxy) is 2. The second-order valence-electron chi connectivity index (χ2n) is 4.94. The topological polar surface area (TPSA) is 84.9 Å². The van der Waals surface area contributed by atoms with Crippen molar-refractivity contribution in [2.45, 2.75) is 32.6 Å². The third-order valence-electron chi connectivity index (χ3n) is 3.00. The number of alkyl carbamates (subject to hydrolysis) is 1. The fourth-order valence-corrected chi connectivity index (χ4v) is 1.78. The number of aliphatic hydroxyl groups is 1. The van der Waals surface area contributed by atoms with Crippen LogP contribution in [0.25, 0.3) is 0 Å². The third-order valence-corrected chi connectivity index (χ3v) is 3.00. The van der Waals surface area contributed by atoms with Crippen LogP contribution in [0.3, 0.4) is 0 Å². The molecule has 0 saturated carbocycles. The Balaban J connectivity index is 2.55. The van der Waals surface area contributed by atoms with Gasteiger partial charge in [-0.15, -0.1) is 0 Å². The molecule has 0 saturated heterocycles. The highest BCUT2D eigenvalue weighted by Crippen LogP contribution is 2.09. The van der Waals surface area contributed by atoms with E-state index in [1.165, 1.54) is 7.11 Å². The van der Waals surface area contributed by atoms with Gasteiger partial charge in [0.2, 0.25) is 0 Å². The van der Waals surface area contributed by atoms with Gasteiger partial charge in [0.25, 0.3) is 0 Å². The molecule has 1 aromatic carbocycles. The first-order valence-electron chi connectivity index (χ1n) is 6.68. The van der Waals surface area contributed by atoms with Crippen molar-refractivity contribution in [3.8, 4) is 0 Å². The van der Waals surface area contributed by atoms with Crippen LogP contribution in [0.1, 0.15) is 19.4 Å². The summed E-state index contributed by atoms with van der Waals surface area (Å²) >= 11 is 0. The minimum Gasteiger partial charge on any atom is -0.467 e. The van der Waals surface area contributed by atoms with Crippen LogP contribution < -0.4 is 5.32 Å². The number of hydrogen-bond donors (Lipinski definition) is 2. The van der Waals surface area contributed by atoms with Crippen LogP contribution in [0, 0.1) is 5.92 Å². The van der Waals surface area contributed by atoms with Gasteiger partial charge in [0.05, 0.1) is 13.2 Å². The van der Waals surface area contributed by atoms with Crippen molar-refractivity contribution in [3.05, 3.63) is 35.9 Å². The summed E-state index contributed by atoms with van der Waals surface area (Å²) in [7, 11) is 1.18. The van der Waals surface area contributed by atoms with E-state index in [1.54, 1.807) is 13.8 Å². The van der Waals surface area contributed by atoms with Crippen molar-refractivity contribution in [1.29, 1.82) is 0 Å². The van der Waals surface area contributed by atoms with Crippen LogP contribution in [0.4, 0.5) is 4.79 Å². The standard InChI is InChI=1S/C15H21NO5/c1-10(2)12(13(17)14(18)20-3)16-15(19)21-9-11-7-5-4-6-8-11/h4-8,10,12-13,17H,9H2,1-3H3,(H,16,19). The van der Waals surface area contributed by atoms with E-state index < -0.39 is 24.2 Å². The summed E-state index contributed by atoms with van der Waals surface area (Å²) in [5, 5.41) is 12.3. The van der Waals surface area contributed by atoms with Crippen LogP contribution in [0.2, 0.25) is 0 Å². The van der Waals surface area contributed by atoms with Crippen LogP contribution in [-0.4, -0.2) is 36.4 Å². The predicted octanol–water partition coefficient (Wildman–Crippen LogP) is 1.47. The Morgan fingerprint density at radius 2 is 1.86 bits per heavy atom. The van der Waals surface area contributed by atoms with E-state index in [9.17, 15) is 14.7 Å². The van der Waals surface area contributed by atoms with Crippen LogP contribution in [0.5, 0.6) is 0 Å². The number of benzene rings is 1. The molecule has 2 N–H and O–H groups in total. The molecule has 0 bridgehead atoms. The normalized spacial score (nSPS) is 13.4. The maximum absolute atomic E-state index is 11.8. The molecule has 0 aliphatic rings. The summed E-state index contributed by atoms with van der Waals surface area (Å²) in [4.78, 5) is 23.1. The van der Waals surface area contributed by atoms with Gasteiger partial charge in [0.1, 0.15) is 6.61 Å². The second kappa shape index (κ2) is 8.26. The number of carbonyl (C=O) groups is 2. The molecule has 21 heavy (non-hydrogen) atoms. The number of aliphatic hydroxyl groups excluding tert-OH is 1. The number of nitrogens with one attached hydrogen (secondary N) is 1. The van der Waals surface area contributed by atoms with Crippen molar-refractivity contribution in [3.63, 3.8) is 0 Å². The third kappa shape index (κ3) is 5.43. The zero-order chi connectivity index (χ0) is 15.8. The Kier molecular flexibility index (Phi) is 6.68. The first-order valence-corrected chi connectivity index (χ1v) is 6.68. The lowest BCUT2D eigenvalue weighted by molar-refractivity contribution is -0.152. The largest absolute Gasteiger partial charge is 0.467 e. The van der Waals surface area contributed by atoms with Gasteiger partial charge < -0.3 is 19.9 Å². The van der Waals surface area contributed by atoms with Crippen molar-refractivity contribution in [2.75, 3.05) is 7.11 Å². The van der Waals surface area contributed by atoms with E-state index in [-0.39, 0.29) is 12.5 Å². The summed E-state index contributed by atoms with van der Waals surface area (Å²) in [6, 6.07) is 8.43. The first-order chi connectivity index (χ1) is 9.95. The molecule has 0 fully saturated rings. The lowest BCUT2D eigenvalue weighted by atomic mass is 9.99. The predicted molar refractivity (Wildman–Crippen MR) is 76.4 cm³/mol. The molecule has 6 nitrogen and oxygen atoms in total. The smallest absolute Gasteiger partial charge is 0.407 e. The molecule has 1 amide bonds.